The number of aromatic nitrogens is 5. The molecule has 6 rings (SSSR count). The van der Waals surface area contributed by atoms with Gasteiger partial charge in [-0.3, -0.25) is 9.67 Å². The minimum Gasteiger partial charge on any atom is -0.494 e. The summed E-state index contributed by atoms with van der Waals surface area (Å²) in [5, 5.41) is 8.89. The molecular formula is C28H24F2N6O2. The van der Waals surface area contributed by atoms with Gasteiger partial charge in [-0.2, -0.15) is 5.10 Å². The Morgan fingerprint density at radius 2 is 1.89 bits per heavy atom. The van der Waals surface area contributed by atoms with Crippen LogP contribution in [0, 0.1) is 18.6 Å². The van der Waals surface area contributed by atoms with E-state index in [1.165, 1.54) is 12.1 Å². The van der Waals surface area contributed by atoms with E-state index in [0.717, 1.165) is 27.9 Å². The SMILES string of the molecule is CCOc1cc(F)c(Cn2nc(-c3nc4c(c(Nc5ccncc5C)n3)COC4)c3ccccc32)c(F)c1. The third kappa shape index (κ3) is 4.32. The van der Waals surface area contributed by atoms with Crippen LogP contribution in [0.2, 0.25) is 0 Å². The smallest absolute Gasteiger partial charge is 0.183 e. The van der Waals surface area contributed by atoms with Crippen LogP contribution < -0.4 is 10.1 Å². The van der Waals surface area contributed by atoms with Crippen molar-refractivity contribution in [3.05, 3.63) is 88.9 Å². The van der Waals surface area contributed by atoms with E-state index in [2.05, 4.69) is 10.3 Å². The minimum absolute atomic E-state index is 0.105. The van der Waals surface area contributed by atoms with E-state index in [9.17, 15) is 8.78 Å². The van der Waals surface area contributed by atoms with Crippen molar-refractivity contribution < 1.29 is 18.3 Å². The molecule has 0 amide bonds. The molecule has 1 aliphatic rings. The first-order valence-electron chi connectivity index (χ1n) is 12.2. The number of para-hydroxylation sites is 1. The fourth-order valence-corrected chi connectivity index (χ4v) is 4.55. The lowest BCUT2D eigenvalue weighted by Gasteiger charge is -2.12. The molecule has 5 aromatic rings. The van der Waals surface area contributed by atoms with Crippen molar-refractivity contribution in [3.8, 4) is 17.3 Å². The minimum atomic E-state index is -0.695. The number of nitrogens with one attached hydrogen (secondary N) is 1. The summed E-state index contributed by atoms with van der Waals surface area (Å²) < 4.78 is 42.3. The van der Waals surface area contributed by atoms with Crippen molar-refractivity contribution in [1.29, 1.82) is 0 Å². The van der Waals surface area contributed by atoms with E-state index in [1.54, 1.807) is 24.0 Å². The number of ether oxygens (including phenoxy) is 2. The van der Waals surface area contributed by atoms with Gasteiger partial charge in [-0.05, 0) is 31.5 Å². The first-order chi connectivity index (χ1) is 18.5. The Balaban J connectivity index is 1.44. The zero-order valence-electron chi connectivity index (χ0n) is 20.8. The second kappa shape index (κ2) is 9.79. The molecule has 192 valence electrons. The highest BCUT2D eigenvalue weighted by Gasteiger charge is 2.24. The fraction of sp³-hybridized carbons (Fsp3) is 0.214. The predicted molar refractivity (Wildman–Crippen MR) is 138 cm³/mol. The van der Waals surface area contributed by atoms with Gasteiger partial charge < -0.3 is 14.8 Å². The molecule has 0 aliphatic carbocycles. The molecule has 8 nitrogen and oxygen atoms in total. The number of rotatable bonds is 7. The molecule has 0 saturated carbocycles. The lowest BCUT2D eigenvalue weighted by atomic mass is 10.1. The third-order valence-electron chi connectivity index (χ3n) is 6.45. The van der Waals surface area contributed by atoms with Crippen molar-refractivity contribution in [3.63, 3.8) is 0 Å². The Kier molecular flexibility index (Phi) is 6.16. The Morgan fingerprint density at radius 1 is 1.08 bits per heavy atom. The standard InChI is InChI=1S/C28H24F2N6O2/c1-3-38-17-10-21(29)19(22(30)11-17)13-36-25-7-5-4-6-18(25)26(35-36)28-33-24-15-37-14-20(24)27(34-28)32-23-8-9-31-12-16(23)2/h4-12H,3,13-15H2,1-2H3,(H,31,32,33,34). The number of benzene rings is 2. The summed E-state index contributed by atoms with van der Waals surface area (Å²) in [5.41, 5.74) is 4.60. The lowest BCUT2D eigenvalue weighted by Crippen LogP contribution is -2.08. The Hall–Kier alpha value is -4.44. The second-order valence-electron chi connectivity index (χ2n) is 8.95. The van der Waals surface area contributed by atoms with Crippen LogP contribution in [0.25, 0.3) is 22.4 Å². The highest BCUT2D eigenvalue weighted by molar-refractivity contribution is 5.92. The number of aryl methyl sites for hydroxylation is 1. The van der Waals surface area contributed by atoms with Crippen molar-refractivity contribution in [2.24, 2.45) is 0 Å². The summed E-state index contributed by atoms with van der Waals surface area (Å²) in [5.74, 6) is -0.222. The zero-order chi connectivity index (χ0) is 26.2. The van der Waals surface area contributed by atoms with E-state index in [1.807, 2.05) is 37.3 Å². The maximum absolute atomic E-state index is 14.9. The van der Waals surface area contributed by atoms with Gasteiger partial charge in [0, 0.05) is 46.7 Å². The van der Waals surface area contributed by atoms with Gasteiger partial charge in [0.05, 0.1) is 37.6 Å². The van der Waals surface area contributed by atoms with Crippen molar-refractivity contribution in [1.82, 2.24) is 24.7 Å². The molecule has 4 heterocycles. The molecule has 10 heteroatoms. The van der Waals surface area contributed by atoms with Gasteiger partial charge in [-0.15, -0.1) is 0 Å². The molecule has 0 bridgehead atoms. The maximum Gasteiger partial charge on any atom is 0.183 e. The van der Waals surface area contributed by atoms with Crippen LogP contribution in [0.5, 0.6) is 5.75 Å². The molecule has 0 fully saturated rings. The second-order valence-corrected chi connectivity index (χ2v) is 8.95. The fourth-order valence-electron chi connectivity index (χ4n) is 4.55. The predicted octanol–water partition coefficient (Wildman–Crippen LogP) is 5.70. The highest BCUT2D eigenvalue weighted by Crippen LogP contribution is 2.33. The van der Waals surface area contributed by atoms with Gasteiger partial charge in [0.2, 0.25) is 0 Å². The average Bonchev–Trinajstić information content (AvgIpc) is 3.53. The summed E-state index contributed by atoms with van der Waals surface area (Å²) in [6, 6.07) is 11.7. The molecular weight excluding hydrogens is 490 g/mol. The van der Waals surface area contributed by atoms with E-state index < -0.39 is 11.6 Å². The summed E-state index contributed by atoms with van der Waals surface area (Å²) in [6.45, 7) is 4.67. The average molecular weight is 515 g/mol. The molecule has 0 saturated heterocycles. The monoisotopic (exact) mass is 514 g/mol. The summed E-state index contributed by atoms with van der Waals surface area (Å²) in [6.07, 6.45) is 3.48. The van der Waals surface area contributed by atoms with Crippen LogP contribution >= 0.6 is 0 Å². The van der Waals surface area contributed by atoms with Gasteiger partial charge in [-0.25, -0.2) is 18.7 Å². The van der Waals surface area contributed by atoms with Gasteiger partial charge >= 0.3 is 0 Å². The van der Waals surface area contributed by atoms with Crippen LogP contribution in [0.15, 0.2) is 54.9 Å². The maximum atomic E-state index is 14.9. The number of hydrogen-bond donors (Lipinski definition) is 1. The number of anilines is 2. The molecule has 0 radical (unpaired) electrons. The first kappa shape index (κ1) is 23.9. The largest absolute Gasteiger partial charge is 0.494 e. The number of fused-ring (bicyclic) bond motifs is 2. The lowest BCUT2D eigenvalue weighted by molar-refractivity contribution is 0.133. The first-order valence-corrected chi connectivity index (χ1v) is 12.2. The molecule has 0 atom stereocenters. The van der Waals surface area contributed by atoms with Gasteiger partial charge in [0.15, 0.2) is 5.82 Å². The van der Waals surface area contributed by atoms with E-state index in [-0.39, 0.29) is 17.9 Å². The Labute approximate surface area is 217 Å². The van der Waals surface area contributed by atoms with Crippen LogP contribution in [0.3, 0.4) is 0 Å². The molecule has 1 N–H and O–H groups in total. The third-order valence-corrected chi connectivity index (χ3v) is 6.45. The van der Waals surface area contributed by atoms with Crippen LogP contribution in [0.1, 0.15) is 29.3 Å². The van der Waals surface area contributed by atoms with E-state index >= 15 is 0 Å². The molecule has 2 aromatic carbocycles. The number of hydrogen-bond acceptors (Lipinski definition) is 7. The van der Waals surface area contributed by atoms with Crippen LogP contribution in [-0.4, -0.2) is 31.3 Å². The van der Waals surface area contributed by atoms with Crippen LogP contribution in [0.4, 0.5) is 20.3 Å². The van der Waals surface area contributed by atoms with E-state index in [0.29, 0.717) is 42.7 Å². The molecule has 3 aromatic heterocycles. The van der Waals surface area contributed by atoms with Crippen LogP contribution in [-0.2, 0) is 24.5 Å². The number of nitrogens with zero attached hydrogens (tertiary/aromatic N) is 5. The normalized spacial score (nSPS) is 12.6. The van der Waals surface area contributed by atoms with Crippen molar-refractivity contribution >= 4 is 22.4 Å². The number of pyridine rings is 1. The molecule has 38 heavy (non-hydrogen) atoms. The summed E-state index contributed by atoms with van der Waals surface area (Å²) in [7, 11) is 0. The molecule has 0 spiro atoms. The topological polar surface area (TPSA) is 87.0 Å². The zero-order valence-corrected chi connectivity index (χ0v) is 20.8. The summed E-state index contributed by atoms with van der Waals surface area (Å²) in [4.78, 5) is 13.7. The van der Waals surface area contributed by atoms with Crippen molar-refractivity contribution in [2.75, 3.05) is 11.9 Å². The summed E-state index contributed by atoms with van der Waals surface area (Å²) >= 11 is 0. The quantitative estimate of drug-likeness (QED) is 0.298. The highest BCUT2D eigenvalue weighted by atomic mass is 19.1. The molecule has 1 aliphatic heterocycles. The van der Waals surface area contributed by atoms with E-state index in [4.69, 9.17) is 24.5 Å². The number of halogens is 2. The van der Waals surface area contributed by atoms with Gasteiger partial charge in [0.1, 0.15) is 28.9 Å². The Bertz CT molecular complexity index is 1650. The van der Waals surface area contributed by atoms with Gasteiger partial charge in [-0.1, -0.05) is 18.2 Å². The van der Waals surface area contributed by atoms with Crippen molar-refractivity contribution in [2.45, 2.75) is 33.6 Å². The molecule has 0 unspecified atom stereocenters. The Morgan fingerprint density at radius 3 is 2.68 bits per heavy atom. The van der Waals surface area contributed by atoms with Gasteiger partial charge in [0.25, 0.3) is 0 Å².